The van der Waals surface area contributed by atoms with Crippen molar-refractivity contribution in [2.75, 3.05) is 31.6 Å². The summed E-state index contributed by atoms with van der Waals surface area (Å²) in [5.74, 6) is -0.0356. The minimum absolute atomic E-state index is 0.200. The van der Waals surface area contributed by atoms with Crippen LogP contribution in [0.2, 0.25) is 0 Å². The molecule has 0 amide bonds. The average Bonchev–Trinajstić information content (AvgIpc) is 2.38. The highest BCUT2D eigenvalue weighted by Gasteiger charge is 2.18. The van der Waals surface area contributed by atoms with Crippen molar-refractivity contribution in [1.29, 1.82) is 0 Å². The Kier molecular flexibility index (Phi) is 4.62. The van der Waals surface area contributed by atoms with E-state index >= 15 is 0 Å². The molecule has 7 heteroatoms. The second-order valence-corrected chi connectivity index (χ2v) is 6.79. The first-order chi connectivity index (χ1) is 9.38. The van der Waals surface area contributed by atoms with E-state index in [-0.39, 0.29) is 4.90 Å². The van der Waals surface area contributed by atoms with E-state index < -0.39 is 15.8 Å². The fourth-order valence-electron chi connectivity index (χ4n) is 2.52. The van der Waals surface area contributed by atoms with Crippen LogP contribution >= 0.6 is 0 Å². The molecule has 1 heterocycles. The number of nitrogens with one attached hydrogen (secondary N) is 1. The van der Waals surface area contributed by atoms with E-state index in [0.29, 0.717) is 11.6 Å². The minimum atomic E-state index is -3.86. The predicted molar refractivity (Wildman–Crippen MR) is 76.6 cm³/mol. The molecule has 0 unspecified atom stereocenters. The van der Waals surface area contributed by atoms with Gasteiger partial charge in [-0.25, -0.2) is 17.9 Å². The summed E-state index contributed by atoms with van der Waals surface area (Å²) in [7, 11) is -2.05. The molecular weight excluding hydrogens is 281 g/mol. The van der Waals surface area contributed by atoms with Crippen molar-refractivity contribution in [2.45, 2.75) is 17.7 Å². The van der Waals surface area contributed by atoms with Crippen LogP contribution in [0.25, 0.3) is 0 Å². The molecule has 3 N–H and O–H groups in total. The summed E-state index contributed by atoms with van der Waals surface area (Å²) in [5, 5.41) is 8.28. The van der Waals surface area contributed by atoms with Crippen molar-refractivity contribution < 1.29 is 12.8 Å². The number of nitrogens with two attached hydrogens (primary N) is 1. The van der Waals surface area contributed by atoms with Gasteiger partial charge >= 0.3 is 0 Å². The zero-order chi connectivity index (χ0) is 14.8. The number of piperidine rings is 1. The second kappa shape index (κ2) is 6.07. The van der Waals surface area contributed by atoms with Crippen LogP contribution in [0.4, 0.5) is 10.1 Å². The molecule has 0 aliphatic carbocycles. The number of nitrogens with zero attached hydrogens (tertiary/aromatic N) is 1. The Bertz CT molecular complexity index is 571. The maximum absolute atomic E-state index is 14.0. The van der Waals surface area contributed by atoms with Gasteiger partial charge in [0, 0.05) is 13.6 Å². The largest absolute Gasteiger partial charge is 0.372 e. The molecule has 5 nitrogen and oxygen atoms in total. The van der Waals surface area contributed by atoms with E-state index in [1.165, 1.54) is 12.1 Å². The number of sulfonamides is 1. The topological polar surface area (TPSA) is 75.4 Å². The molecule has 0 radical (unpaired) electrons. The first kappa shape index (κ1) is 15.2. The number of benzene rings is 1. The van der Waals surface area contributed by atoms with Gasteiger partial charge in [-0.3, -0.25) is 0 Å². The monoisotopic (exact) mass is 301 g/mol. The Balaban J connectivity index is 2.11. The van der Waals surface area contributed by atoms with Crippen molar-refractivity contribution in [2.24, 2.45) is 11.1 Å². The molecule has 0 aromatic heterocycles. The van der Waals surface area contributed by atoms with Gasteiger partial charge in [-0.05, 0) is 50.0 Å². The Labute approximate surface area is 119 Å². The lowest BCUT2D eigenvalue weighted by Crippen LogP contribution is -2.34. The van der Waals surface area contributed by atoms with Gasteiger partial charge in [0.25, 0.3) is 0 Å². The van der Waals surface area contributed by atoms with Gasteiger partial charge in [0.2, 0.25) is 10.0 Å². The number of halogens is 1. The third-order valence-corrected chi connectivity index (χ3v) is 4.56. The summed E-state index contributed by atoms with van der Waals surface area (Å²) >= 11 is 0. The smallest absolute Gasteiger partial charge is 0.238 e. The van der Waals surface area contributed by atoms with Crippen molar-refractivity contribution in [3.05, 3.63) is 24.0 Å². The standard InChI is InChI=1S/C13H20FN3O2S/c1-17(9-10-4-6-16-7-5-10)13-3-2-11(8-12(13)14)20(15,18)19/h2-3,8,10,16H,4-7,9H2,1H3,(H2,15,18,19). The Morgan fingerprint density at radius 1 is 1.40 bits per heavy atom. The van der Waals surface area contributed by atoms with Crippen molar-refractivity contribution >= 4 is 15.7 Å². The third-order valence-electron chi connectivity index (χ3n) is 3.65. The summed E-state index contributed by atoms with van der Waals surface area (Å²) < 4.78 is 36.4. The molecule has 1 aliphatic rings. The highest BCUT2D eigenvalue weighted by atomic mass is 32.2. The van der Waals surface area contributed by atoms with Gasteiger partial charge in [-0.2, -0.15) is 0 Å². The van der Waals surface area contributed by atoms with E-state index in [1.807, 2.05) is 11.9 Å². The summed E-state index contributed by atoms with van der Waals surface area (Å²) in [6.45, 7) is 2.74. The lowest BCUT2D eigenvalue weighted by molar-refractivity contribution is 0.377. The summed E-state index contributed by atoms with van der Waals surface area (Å²) in [4.78, 5) is 1.63. The normalized spacial score (nSPS) is 17.1. The molecule has 1 aliphatic heterocycles. The number of anilines is 1. The Hall–Kier alpha value is -1.18. The predicted octanol–water partition coefficient (Wildman–Crippen LogP) is 0.909. The molecule has 2 rings (SSSR count). The zero-order valence-electron chi connectivity index (χ0n) is 11.5. The van der Waals surface area contributed by atoms with Crippen LogP contribution < -0.4 is 15.4 Å². The maximum Gasteiger partial charge on any atom is 0.238 e. The number of rotatable bonds is 4. The van der Waals surface area contributed by atoms with E-state index in [0.717, 1.165) is 38.5 Å². The summed E-state index contributed by atoms with van der Waals surface area (Å²) in [6.07, 6.45) is 2.14. The van der Waals surface area contributed by atoms with Crippen molar-refractivity contribution in [3.63, 3.8) is 0 Å². The van der Waals surface area contributed by atoms with Crippen LogP contribution in [0.15, 0.2) is 23.1 Å². The van der Waals surface area contributed by atoms with Crippen LogP contribution in [0.5, 0.6) is 0 Å². The summed E-state index contributed by atoms with van der Waals surface area (Å²) in [5.41, 5.74) is 0.399. The highest BCUT2D eigenvalue weighted by Crippen LogP contribution is 2.23. The van der Waals surface area contributed by atoms with E-state index in [9.17, 15) is 12.8 Å². The molecule has 0 bridgehead atoms. The van der Waals surface area contributed by atoms with E-state index in [1.54, 1.807) is 0 Å². The molecule has 0 atom stereocenters. The quantitative estimate of drug-likeness (QED) is 0.867. The van der Waals surface area contributed by atoms with Crippen LogP contribution in [0, 0.1) is 11.7 Å². The third kappa shape index (κ3) is 3.68. The first-order valence-electron chi connectivity index (χ1n) is 6.62. The molecule has 1 fully saturated rings. The number of primary sulfonamides is 1. The van der Waals surface area contributed by atoms with Crippen molar-refractivity contribution in [3.8, 4) is 0 Å². The first-order valence-corrected chi connectivity index (χ1v) is 8.17. The lowest BCUT2D eigenvalue weighted by Gasteiger charge is -2.29. The van der Waals surface area contributed by atoms with Gasteiger partial charge in [-0.1, -0.05) is 0 Å². The maximum atomic E-state index is 14.0. The molecule has 112 valence electrons. The van der Waals surface area contributed by atoms with Crippen LogP contribution in [-0.2, 0) is 10.0 Å². The number of hydrogen-bond donors (Lipinski definition) is 2. The molecule has 20 heavy (non-hydrogen) atoms. The zero-order valence-corrected chi connectivity index (χ0v) is 12.3. The fraction of sp³-hybridized carbons (Fsp3) is 0.538. The fourth-order valence-corrected chi connectivity index (χ4v) is 3.05. The van der Waals surface area contributed by atoms with E-state index in [4.69, 9.17) is 5.14 Å². The lowest BCUT2D eigenvalue weighted by atomic mass is 9.97. The second-order valence-electron chi connectivity index (χ2n) is 5.23. The highest BCUT2D eigenvalue weighted by molar-refractivity contribution is 7.89. The van der Waals surface area contributed by atoms with Gasteiger partial charge < -0.3 is 10.2 Å². The van der Waals surface area contributed by atoms with Gasteiger partial charge in [0.1, 0.15) is 5.82 Å². The van der Waals surface area contributed by atoms with Gasteiger partial charge in [0.05, 0.1) is 10.6 Å². The molecule has 0 spiro atoms. The van der Waals surface area contributed by atoms with Crippen LogP contribution in [0.1, 0.15) is 12.8 Å². The molecule has 0 saturated carbocycles. The van der Waals surface area contributed by atoms with Gasteiger partial charge in [-0.15, -0.1) is 0 Å². The number of hydrogen-bond acceptors (Lipinski definition) is 4. The van der Waals surface area contributed by atoms with Crippen molar-refractivity contribution in [1.82, 2.24) is 5.32 Å². The SMILES string of the molecule is CN(CC1CCNCC1)c1ccc(S(N)(=O)=O)cc1F. The van der Waals surface area contributed by atoms with E-state index in [2.05, 4.69) is 5.32 Å². The minimum Gasteiger partial charge on any atom is -0.372 e. The Morgan fingerprint density at radius 2 is 2.05 bits per heavy atom. The molecular formula is C13H20FN3O2S. The van der Waals surface area contributed by atoms with Crippen LogP contribution in [0.3, 0.4) is 0 Å². The Morgan fingerprint density at radius 3 is 2.60 bits per heavy atom. The molecule has 1 aromatic rings. The molecule has 1 aromatic carbocycles. The average molecular weight is 301 g/mol. The molecule has 1 saturated heterocycles. The van der Waals surface area contributed by atoms with Gasteiger partial charge in [0.15, 0.2) is 0 Å². The summed E-state index contributed by atoms with van der Waals surface area (Å²) in [6, 6.07) is 3.78. The van der Waals surface area contributed by atoms with Crippen LogP contribution in [-0.4, -0.2) is 35.1 Å².